The summed E-state index contributed by atoms with van der Waals surface area (Å²) in [4.78, 5) is 28.3. The summed E-state index contributed by atoms with van der Waals surface area (Å²) in [7, 11) is 0. The Hall–Kier alpha value is -2.90. The highest BCUT2D eigenvalue weighted by Gasteiger charge is 2.23. The smallest absolute Gasteiger partial charge is 0.244 e. The van der Waals surface area contributed by atoms with Crippen molar-refractivity contribution < 1.29 is 4.79 Å². The topological polar surface area (TPSA) is 82.9 Å². The Kier molecular flexibility index (Phi) is 3.64. The number of nitrogens with zero attached hydrogens (tertiary/aromatic N) is 6. The van der Waals surface area contributed by atoms with Gasteiger partial charge in [-0.3, -0.25) is 4.79 Å². The second-order valence-corrected chi connectivity index (χ2v) is 6.01. The fourth-order valence-corrected chi connectivity index (χ4v) is 3.02. The molecule has 4 heterocycles. The van der Waals surface area contributed by atoms with E-state index in [4.69, 9.17) is 0 Å². The van der Waals surface area contributed by atoms with Crippen molar-refractivity contribution in [3.63, 3.8) is 0 Å². The van der Waals surface area contributed by atoms with E-state index in [-0.39, 0.29) is 12.5 Å². The Morgan fingerprint density at radius 1 is 1.21 bits per heavy atom. The average molecular weight is 325 g/mol. The predicted molar refractivity (Wildman–Crippen MR) is 89.6 cm³/mol. The van der Waals surface area contributed by atoms with Gasteiger partial charge >= 0.3 is 0 Å². The van der Waals surface area contributed by atoms with Crippen LogP contribution < -0.4 is 4.90 Å². The van der Waals surface area contributed by atoms with Gasteiger partial charge in [0, 0.05) is 50.2 Å². The maximum absolute atomic E-state index is 12.6. The van der Waals surface area contributed by atoms with Gasteiger partial charge in [-0.1, -0.05) is 0 Å². The number of carbonyl (C=O) groups is 1. The van der Waals surface area contributed by atoms with E-state index in [2.05, 4.69) is 25.0 Å². The summed E-state index contributed by atoms with van der Waals surface area (Å²) in [5.74, 6) is 0.932. The Morgan fingerprint density at radius 2 is 2.04 bits per heavy atom. The van der Waals surface area contributed by atoms with Gasteiger partial charge in [0.25, 0.3) is 0 Å². The van der Waals surface area contributed by atoms with Gasteiger partial charge in [-0.2, -0.15) is 5.10 Å². The van der Waals surface area contributed by atoms with Crippen LogP contribution in [0.1, 0.15) is 5.56 Å². The molecule has 0 bridgehead atoms. The molecule has 1 amide bonds. The first-order chi connectivity index (χ1) is 11.7. The third-order valence-corrected chi connectivity index (χ3v) is 4.31. The number of aromatic nitrogens is 5. The largest absolute Gasteiger partial charge is 0.339 e. The van der Waals surface area contributed by atoms with Crippen LogP contribution in [-0.4, -0.2) is 61.7 Å². The minimum Gasteiger partial charge on any atom is -0.339 e. The van der Waals surface area contributed by atoms with Crippen LogP contribution in [-0.2, 0) is 11.3 Å². The number of hydrogen-bond acceptors (Lipinski definition) is 5. The van der Waals surface area contributed by atoms with Gasteiger partial charge in [-0.05, 0) is 18.6 Å². The van der Waals surface area contributed by atoms with Crippen LogP contribution in [0.2, 0.25) is 0 Å². The summed E-state index contributed by atoms with van der Waals surface area (Å²) < 4.78 is 1.68. The van der Waals surface area contributed by atoms with E-state index < -0.39 is 0 Å². The van der Waals surface area contributed by atoms with Crippen LogP contribution >= 0.6 is 0 Å². The molecule has 0 saturated carbocycles. The van der Waals surface area contributed by atoms with Crippen LogP contribution in [0.25, 0.3) is 11.0 Å². The summed E-state index contributed by atoms with van der Waals surface area (Å²) in [6, 6.07) is 2.03. The van der Waals surface area contributed by atoms with Crippen LogP contribution in [0, 0.1) is 6.92 Å². The van der Waals surface area contributed by atoms with E-state index in [9.17, 15) is 4.79 Å². The monoisotopic (exact) mass is 325 g/mol. The summed E-state index contributed by atoms with van der Waals surface area (Å²) >= 11 is 0. The molecule has 4 rings (SSSR count). The molecule has 1 saturated heterocycles. The highest BCUT2D eigenvalue weighted by molar-refractivity contribution is 5.80. The molecule has 1 aliphatic rings. The number of amides is 1. The van der Waals surface area contributed by atoms with Crippen LogP contribution in [0.4, 0.5) is 5.95 Å². The minimum atomic E-state index is 0.0708. The SMILES string of the molecule is Cc1cnc2c(cnn2CC(=O)N2CCN(c3ncc[nH]3)CC2)c1. The highest BCUT2D eigenvalue weighted by Crippen LogP contribution is 2.14. The Bertz CT molecular complexity index is 847. The lowest BCUT2D eigenvalue weighted by atomic mass is 10.2. The molecule has 8 heteroatoms. The molecule has 1 fully saturated rings. The number of pyridine rings is 1. The second-order valence-electron chi connectivity index (χ2n) is 6.01. The van der Waals surface area contributed by atoms with Crippen molar-refractivity contribution >= 4 is 22.9 Å². The number of nitrogens with one attached hydrogen (secondary N) is 1. The first-order valence-electron chi connectivity index (χ1n) is 8.01. The van der Waals surface area contributed by atoms with Gasteiger partial charge in [0.05, 0.1) is 6.20 Å². The number of piperazine rings is 1. The first kappa shape index (κ1) is 14.7. The Labute approximate surface area is 139 Å². The van der Waals surface area contributed by atoms with Gasteiger partial charge in [-0.25, -0.2) is 14.6 Å². The van der Waals surface area contributed by atoms with Crippen LogP contribution in [0.5, 0.6) is 0 Å². The quantitative estimate of drug-likeness (QED) is 0.770. The molecule has 124 valence electrons. The van der Waals surface area contributed by atoms with E-state index in [1.54, 1.807) is 23.3 Å². The van der Waals surface area contributed by atoms with Crippen molar-refractivity contribution in [1.82, 2.24) is 29.6 Å². The van der Waals surface area contributed by atoms with Gasteiger partial charge in [0.2, 0.25) is 11.9 Å². The zero-order valence-corrected chi connectivity index (χ0v) is 13.5. The molecule has 24 heavy (non-hydrogen) atoms. The number of rotatable bonds is 3. The normalized spacial score (nSPS) is 15.2. The van der Waals surface area contributed by atoms with Crippen LogP contribution in [0.3, 0.4) is 0 Å². The summed E-state index contributed by atoms with van der Waals surface area (Å²) in [5, 5.41) is 5.27. The predicted octanol–water partition coefficient (Wildman–Crippen LogP) is 0.812. The van der Waals surface area contributed by atoms with Gasteiger partial charge < -0.3 is 14.8 Å². The number of imidazole rings is 1. The number of H-pyrrole nitrogens is 1. The van der Waals surface area contributed by atoms with Gasteiger partial charge in [-0.15, -0.1) is 0 Å². The molecule has 3 aromatic rings. The fourth-order valence-electron chi connectivity index (χ4n) is 3.02. The minimum absolute atomic E-state index is 0.0708. The second kappa shape index (κ2) is 5.95. The van der Waals surface area contributed by atoms with Crippen molar-refractivity contribution in [3.05, 3.63) is 36.4 Å². The van der Waals surface area contributed by atoms with Gasteiger partial charge in [0.1, 0.15) is 6.54 Å². The lowest BCUT2D eigenvalue weighted by Gasteiger charge is -2.34. The highest BCUT2D eigenvalue weighted by atomic mass is 16.2. The number of aryl methyl sites for hydroxylation is 1. The molecule has 0 spiro atoms. The molecule has 0 unspecified atom stereocenters. The lowest BCUT2D eigenvalue weighted by molar-refractivity contribution is -0.132. The van der Waals surface area contributed by atoms with E-state index >= 15 is 0 Å². The molecule has 0 aromatic carbocycles. The zero-order valence-electron chi connectivity index (χ0n) is 13.5. The summed E-state index contributed by atoms with van der Waals surface area (Å²) in [6.07, 6.45) is 7.11. The molecular formula is C16H19N7O. The fraction of sp³-hybridized carbons (Fsp3) is 0.375. The standard InChI is InChI=1S/C16H19N7O/c1-12-8-13-10-20-23(15(13)19-9-12)11-14(24)21-4-6-22(7-5-21)16-17-2-3-18-16/h2-3,8-10H,4-7,11H2,1H3,(H,17,18). The van der Waals surface area contributed by atoms with E-state index in [0.717, 1.165) is 35.6 Å². The maximum atomic E-state index is 12.6. The van der Waals surface area contributed by atoms with E-state index in [1.807, 2.05) is 24.1 Å². The number of anilines is 1. The lowest BCUT2D eigenvalue weighted by Crippen LogP contribution is -2.50. The van der Waals surface area contributed by atoms with Gasteiger partial charge in [0.15, 0.2) is 5.65 Å². The van der Waals surface area contributed by atoms with Crippen molar-refractivity contribution in [2.75, 3.05) is 31.1 Å². The summed E-state index contributed by atoms with van der Waals surface area (Å²) in [6.45, 7) is 5.14. The third-order valence-electron chi connectivity index (χ3n) is 4.31. The first-order valence-corrected chi connectivity index (χ1v) is 8.01. The van der Waals surface area contributed by atoms with Crippen LogP contribution in [0.15, 0.2) is 30.9 Å². The molecule has 3 aromatic heterocycles. The molecule has 0 atom stereocenters. The number of carbonyl (C=O) groups excluding carboxylic acids is 1. The molecular weight excluding hydrogens is 306 g/mol. The summed E-state index contributed by atoms with van der Waals surface area (Å²) in [5.41, 5.74) is 1.84. The third kappa shape index (κ3) is 2.70. The average Bonchev–Trinajstić information content (AvgIpc) is 3.25. The van der Waals surface area contributed by atoms with Crippen molar-refractivity contribution in [1.29, 1.82) is 0 Å². The van der Waals surface area contributed by atoms with E-state index in [0.29, 0.717) is 13.1 Å². The molecule has 1 N–H and O–H groups in total. The molecule has 8 nitrogen and oxygen atoms in total. The van der Waals surface area contributed by atoms with Crippen molar-refractivity contribution in [3.8, 4) is 0 Å². The molecule has 0 aliphatic carbocycles. The number of hydrogen-bond donors (Lipinski definition) is 1. The zero-order chi connectivity index (χ0) is 16.5. The van der Waals surface area contributed by atoms with Crippen molar-refractivity contribution in [2.45, 2.75) is 13.5 Å². The molecule has 1 aliphatic heterocycles. The molecule has 0 radical (unpaired) electrons. The van der Waals surface area contributed by atoms with E-state index in [1.165, 1.54) is 0 Å². The Balaban J connectivity index is 1.41. The number of fused-ring (bicyclic) bond motifs is 1. The number of aromatic amines is 1. The maximum Gasteiger partial charge on any atom is 0.244 e. The van der Waals surface area contributed by atoms with Crippen molar-refractivity contribution in [2.24, 2.45) is 0 Å². The Morgan fingerprint density at radius 3 is 2.79 bits per heavy atom.